The fourth-order valence-corrected chi connectivity index (χ4v) is 5.43. The van der Waals surface area contributed by atoms with Crippen LogP contribution in [0.1, 0.15) is 54.4 Å². The molecule has 2 atom stereocenters. The molecule has 0 radical (unpaired) electrons. The minimum absolute atomic E-state index is 0.0759. The number of hydrogen-bond donors (Lipinski definition) is 0. The van der Waals surface area contributed by atoms with Gasteiger partial charge in [-0.2, -0.15) is 0 Å². The van der Waals surface area contributed by atoms with Crippen LogP contribution in [0.3, 0.4) is 0 Å². The molecule has 4 rings (SSSR count). The summed E-state index contributed by atoms with van der Waals surface area (Å²) >= 11 is 26.3. The molecular weight excluding hydrogens is 450 g/mol. The van der Waals surface area contributed by atoms with E-state index in [2.05, 4.69) is 6.92 Å². The Bertz CT molecular complexity index is 821. The molecule has 2 heterocycles. The molecule has 2 nitrogen and oxygen atoms in total. The minimum atomic E-state index is 0.0759. The van der Waals surface area contributed by atoms with Crippen LogP contribution in [0.2, 0.25) is 20.1 Å². The fourth-order valence-electron chi connectivity index (χ4n) is 4.10. The summed E-state index contributed by atoms with van der Waals surface area (Å²) in [4.78, 5) is 0. The zero-order chi connectivity index (χ0) is 20.5. The molecule has 2 unspecified atom stereocenters. The summed E-state index contributed by atoms with van der Waals surface area (Å²) in [6, 6.07) is 7.72. The van der Waals surface area contributed by atoms with Crippen LogP contribution in [0, 0.1) is 0 Å². The van der Waals surface area contributed by atoms with Gasteiger partial charge in [0.15, 0.2) is 0 Å². The van der Waals surface area contributed by atoms with E-state index in [0.29, 0.717) is 20.1 Å². The van der Waals surface area contributed by atoms with E-state index in [0.717, 1.165) is 67.6 Å². The summed E-state index contributed by atoms with van der Waals surface area (Å²) in [6.07, 6.45) is 5.23. The van der Waals surface area contributed by atoms with Crippen LogP contribution in [-0.4, -0.2) is 25.4 Å². The van der Waals surface area contributed by atoms with Gasteiger partial charge in [-0.1, -0.05) is 66.2 Å². The molecular formula is C23H24Cl4O2. The van der Waals surface area contributed by atoms with Crippen molar-refractivity contribution in [1.82, 2.24) is 0 Å². The summed E-state index contributed by atoms with van der Waals surface area (Å²) in [7, 11) is 0. The van der Waals surface area contributed by atoms with E-state index in [9.17, 15) is 0 Å². The number of hydrogen-bond acceptors (Lipinski definition) is 2. The third-order valence-corrected chi connectivity index (χ3v) is 6.67. The van der Waals surface area contributed by atoms with Crippen LogP contribution >= 0.6 is 46.4 Å². The Balaban J connectivity index is 1.84. The lowest BCUT2D eigenvalue weighted by Crippen LogP contribution is -2.12. The highest BCUT2D eigenvalue weighted by Crippen LogP contribution is 2.44. The van der Waals surface area contributed by atoms with Gasteiger partial charge in [-0.25, -0.2) is 0 Å². The molecule has 6 heteroatoms. The first-order valence-electron chi connectivity index (χ1n) is 10.1. The van der Waals surface area contributed by atoms with Gasteiger partial charge in [0.05, 0.1) is 25.4 Å². The smallest absolute Gasteiger partial charge is 0.0850 e. The maximum atomic E-state index is 6.80. The van der Waals surface area contributed by atoms with Crippen molar-refractivity contribution < 1.29 is 9.47 Å². The molecule has 0 saturated carbocycles. The molecule has 29 heavy (non-hydrogen) atoms. The maximum Gasteiger partial charge on any atom is 0.0850 e. The lowest BCUT2D eigenvalue weighted by molar-refractivity contribution is 0.406. The second kappa shape index (κ2) is 9.34. The molecule has 2 aliphatic heterocycles. The molecule has 2 fully saturated rings. The number of unbranched alkanes of at least 4 members (excludes halogenated alkanes) is 1. The standard InChI is InChI=1S/C23H24Cl4O2/c1-2-3-4-19(22-13(7-17-11-28-17)5-15(24)9-20(22)26)23-14(8-18-12-29-18)6-16(25)10-21(23)27/h5-6,9-10,17-19H,2-4,7-8,11-12H2,1H3. The summed E-state index contributed by atoms with van der Waals surface area (Å²) in [5.41, 5.74) is 4.51. The highest BCUT2D eigenvalue weighted by atomic mass is 35.5. The highest BCUT2D eigenvalue weighted by molar-refractivity contribution is 6.36. The first-order valence-corrected chi connectivity index (χ1v) is 11.7. The van der Waals surface area contributed by atoms with Gasteiger partial charge in [0.1, 0.15) is 0 Å². The molecule has 0 N–H and O–H groups in total. The van der Waals surface area contributed by atoms with Gasteiger partial charge in [0, 0.05) is 38.9 Å². The van der Waals surface area contributed by atoms with Crippen LogP contribution in [-0.2, 0) is 22.3 Å². The largest absolute Gasteiger partial charge is 0.373 e. The van der Waals surface area contributed by atoms with Gasteiger partial charge in [-0.15, -0.1) is 0 Å². The van der Waals surface area contributed by atoms with Crippen molar-refractivity contribution in [1.29, 1.82) is 0 Å². The van der Waals surface area contributed by atoms with Crippen molar-refractivity contribution in [3.05, 3.63) is 66.6 Å². The van der Waals surface area contributed by atoms with E-state index in [1.54, 1.807) is 0 Å². The van der Waals surface area contributed by atoms with E-state index in [-0.39, 0.29) is 18.1 Å². The summed E-state index contributed by atoms with van der Waals surface area (Å²) < 4.78 is 11.0. The van der Waals surface area contributed by atoms with Crippen LogP contribution in [0.25, 0.3) is 0 Å². The molecule has 2 aromatic rings. The number of rotatable bonds is 9. The molecule has 0 spiro atoms. The summed E-state index contributed by atoms with van der Waals surface area (Å²) in [5.74, 6) is 0.0759. The van der Waals surface area contributed by atoms with Crippen molar-refractivity contribution >= 4 is 46.4 Å². The zero-order valence-corrected chi connectivity index (χ0v) is 19.3. The van der Waals surface area contributed by atoms with E-state index in [1.165, 1.54) is 0 Å². The van der Waals surface area contributed by atoms with Crippen molar-refractivity contribution in [3.63, 3.8) is 0 Å². The van der Waals surface area contributed by atoms with Gasteiger partial charge < -0.3 is 9.47 Å². The number of benzene rings is 2. The van der Waals surface area contributed by atoms with Crippen LogP contribution in [0.4, 0.5) is 0 Å². The van der Waals surface area contributed by atoms with Gasteiger partial charge >= 0.3 is 0 Å². The first-order chi connectivity index (χ1) is 14.0. The van der Waals surface area contributed by atoms with E-state index < -0.39 is 0 Å². The van der Waals surface area contributed by atoms with Crippen LogP contribution < -0.4 is 0 Å². The van der Waals surface area contributed by atoms with E-state index in [1.807, 2.05) is 24.3 Å². The molecule has 0 aromatic heterocycles. The Morgan fingerprint density at radius 1 is 0.828 bits per heavy atom. The SMILES string of the molecule is CCCCC(c1c(Cl)cc(Cl)cc1CC1CO1)c1c(Cl)cc(Cl)cc1CC1CO1. The molecule has 156 valence electrons. The molecule has 0 amide bonds. The van der Waals surface area contributed by atoms with Gasteiger partial charge in [-0.3, -0.25) is 0 Å². The Morgan fingerprint density at radius 3 is 1.66 bits per heavy atom. The minimum Gasteiger partial charge on any atom is -0.373 e. The second-order valence-electron chi connectivity index (χ2n) is 7.93. The van der Waals surface area contributed by atoms with Crippen molar-refractivity contribution in [3.8, 4) is 0 Å². The quantitative estimate of drug-likeness (QED) is 0.352. The highest BCUT2D eigenvalue weighted by Gasteiger charge is 2.31. The van der Waals surface area contributed by atoms with Gasteiger partial charge in [0.2, 0.25) is 0 Å². The van der Waals surface area contributed by atoms with Crippen molar-refractivity contribution in [2.45, 2.75) is 57.2 Å². The lowest BCUT2D eigenvalue weighted by Gasteiger charge is -2.26. The maximum absolute atomic E-state index is 6.80. The summed E-state index contributed by atoms with van der Waals surface area (Å²) in [6.45, 7) is 3.77. The summed E-state index contributed by atoms with van der Waals surface area (Å²) in [5, 5.41) is 2.68. The predicted octanol–water partition coefficient (Wildman–Crippen LogP) is 7.50. The topological polar surface area (TPSA) is 25.1 Å². The normalized spacial score (nSPS) is 21.3. The average Bonchev–Trinajstić information content (AvgIpc) is 3.54. The Hall–Kier alpha value is -0.480. The Kier molecular flexibility index (Phi) is 7.00. The van der Waals surface area contributed by atoms with Crippen molar-refractivity contribution in [2.75, 3.05) is 13.2 Å². The molecule has 2 aromatic carbocycles. The molecule has 0 bridgehead atoms. The number of halogens is 4. The molecule has 2 saturated heterocycles. The third kappa shape index (κ3) is 5.42. The fraction of sp³-hybridized carbons (Fsp3) is 0.478. The third-order valence-electron chi connectivity index (χ3n) is 5.60. The molecule has 2 aliphatic rings. The Labute approximate surface area is 192 Å². The Morgan fingerprint density at radius 2 is 1.28 bits per heavy atom. The first kappa shape index (κ1) is 21.7. The van der Waals surface area contributed by atoms with Crippen LogP contribution in [0.5, 0.6) is 0 Å². The van der Waals surface area contributed by atoms with Gasteiger partial charge in [0.25, 0.3) is 0 Å². The molecule has 0 aliphatic carbocycles. The lowest BCUT2D eigenvalue weighted by atomic mass is 9.80. The van der Waals surface area contributed by atoms with E-state index >= 15 is 0 Å². The predicted molar refractivity (Wildman–Crippen MR) is 121 cm³/mol. The van der Waals surface area contributed by atoms with Crippen LogP contribution in [0.15, 0.2) is 24.3 Å². The van der Waals surface area contributed by atoms with Gasteiger partial charge in [-0.05, 0) is 52.9 Å². The zero-order valence-electron chi connectivity index (χ0n) is 16.3. The van der Waals surface area contributed by atoms with E-state index in [4.69, 9.17) is 55.9 Å². The monoisotopic (exact) mass is 472 g/mol. The second-order valence-corrected chi connectivity index (χ2v) is 9.62. The average molecular weight is 474 g/mol. The number of ether oxygens (including phenoxy) is 2. The number of epoxide rings is 2. The van der Waals surface area contributed by atoms with Crippen molar-refractivity contribution in [2.24, 2.45) is 0 Å².